The van der Waals surface area contributed by atoms with E-state index in [-0.39, 0.29) is 5.76 Å². The molecule has 0 atom stereocenters. The lowest BCUT2D eigenvalue weighted by Crippen LogP contribution is -1.97. The minimum absolute atomic E-state index is 0.167. The summed E-state index contributed by atoms with van der Waals surface area (Å²) in [4.78, 5) is 0. The van der Waals surface area contributed by atoms with Gasteiger partial charge in [-0.3, -0.25) is 0 Å². The maximum absolute atomic E-state index is 13.0. The van der Waals surface area contributed by atoms with Crippen molar-refractivity contribution < 1.29 is 9.50 Å². The fraction of sp³-hybridized carbons (Fsp3) is 0.556. The second-order valence-corrected chi connectivity index (χ2v) is 2.80. The SMILES string of the molecule is CCCC1=C(F)C(O)=CCC1. The van der Waals surface area contributed by atoms with Crippen LogP contribution in [0.15, 0.2) is 23.2 Å². The van der Waals surface area contributed by atoms with Crippen molar-refractivity contribution in [2.45, 2.75) is 32.6 Å². The molecule has 0 spiro atoms. The molecule has 0 saturated carbocycles. The van der Waals surface area contributed by atoms with E-state index < -0.39 is 5.83 Å². The summed E-state index contributed by atoms with van der Waals surface area (Å²) >= 11 is 0. The molecule has 1 nitrogen and oxygen atoms in total. The molecule has 0 aliphatic heterocycles. The zero-order valence-corrected chi connectivity index (χ0v) is 6.73. The minimum atomic E-state index is -0.391. The molecular formula is C9H13FO. The van der Waals surface area contributed by atoms with Crippen LogP contribution < -0.4 is 0 Å². The molecule has 0 bridgehead atoms. The molecule has 0 saturated heterocycles. The van der Waals surface area contributed by atoms with Crippen molar-refractivity contribution in [1.82, 2.24) is 0 Å². The first-order chi connectivity index (χ1) is 5.25. The van der Waals surface area contributed by atoms with Crippen LogP contribution in [0, 0.1) is 0 Å². The van der Waals surface area contributed by atoms with Gasteiger partial charge in [0.15, 0.2) is 5.83 Å². The highest BCUT2D eigenvalue weighted by atomic mass is 19.1. The van der Waals surface area contributed by atoms with E-state index in [0.29, 0.717) is 0 Å². The summed E-state index contributed by atoms with van der Waals surface area (Å²) < 4.78 is 13.0. The van der Waals surface area contributed by atoms with Gasteiger partial charge in [0.2, 0.25) is 0 Å². The fourth-order valence-electron chi connectivity index (χ4n) is 1.30. The van der Waals surface area contributed by atoms with E-state index in [1.54, 1.807) is 0 Å². The molecule has 62 valence electrons. The van der Waals surface area contributed by atoms with E-state index in [4.69, 9.17) is 5.11 Å². The number of halogens is 1. The van der Waals surface area contributed by atoms with Gasteiger partial charge in [-0.05, 0) is 30.9 Å². The predicted molar refractivity (Wildman–Crippen MR) is 43.0 cm³/mol. The molecule has 0 fully saturated rings. The molecule has 0 heterocycles. The standard InChI is InChI=1S/C9H13FO/c1-2-4-7-5-3-6-8(11)9(7)10/h6,11H,2-5H2,1H3. The Hall–Kier alpha value is -0.790. The molecule has 0 aromatic carbocycles. The Kier molecular flexibility index (Phi) is 2.69. The average molecular weight is 156 g/mol. The van der Waals surface area contributed by atoms with Crippen molar-refractivity contribution >= 4 is 0 Å². The lowest BCUT2D eigenvalue weighted by molar-refractivity contribution is 0.376. The third-order valence-electron chi connectivity index (χ3n) is 1.87. The summed E-state index contributed by atoms with van der Waals surface area (Å²) in [6, 6.07) is 0. The number of hydrogen-bond acceptors (Lipinski definition) is 1. The first kappa shape index (κ1) is 8.31. The third-order valence-corrected chi connectivity index (χ3v) is 1.87. The predicted octanol–water partition coefficient (Wildman–Crippen LogP) is 3.25. The lowest BCUT2D eigenvalue weighted by atomic mass is 9.99. The van der Waals surface area contributed by atoms with Crippen molar-refractivity contribution in [3.63, 3.8) is 0 Å². The van der Waals surface area contributed by atoms with Crippen LogP contribution in [-0.2, 0) is 0 Å². The molecule has 0 amide bonds. The van der Waals surface area contributed by atoms with Gasteiger partial charge in [-0.15, -0.1) is 0 Å². The summed E-state index contributed by atoms with van der Waals surface area (Å²) in [6.07, 6.45) is 4.78. The fourth-order valence-corrected chi connectivity index (χ4v) is 1.30. The Morgan fingerprint density at radius 2 is 2.36 bits per heavy atom. The summed E-state index contributed by atoms with van der Waals surface area (Å²) in [6.45, 7) is 2.01. The molecular weight excluding hydrogens is 143 g/mol. The largest absolute Gasteiger partial charge is 0.505 e. The van der Waals surface area contributed by atoms with Crippen LogP contribution in [0.3, 0.4) is 0 Å². The van der Waals surface area contributed by atoms with Gasteiger partial charge in [-0.1, -0.05) is 13.3 Å². The van der Waals surface area contributed by atoms with Crippen molar-refractivity contribution in [3.8, 4) is 0 Å². The lowest BCUT2D eigenvalue weighted by Gasteiger charge is -2.11. The van der Waals surface area contributed by atoms with Crippen molar-refractivity contribution in [3.05, 3.63) is 23.2 Å². The van der Waals surface area contributed by atoms with Crippen LogP contribution in [0.1, 0.15) is 32.6 Å². The molecule has 0 aromatic heterocycles. The average Bonchev–Trinajstić information content (AvgIpc) is 1.99. The van der Waals surface area contributed by atoms with Gasteiger partial charge in [-0.2, -0.15) is 0 Å². The third kappa shape index (κ3) is 1.82. The highest BCUT2D eigenvalue weighted by Crippen LogP contribution is 2.27. The first-order valence-corrected chi connectivity index (χ1v) is 4.02. The van der Waals surface area contributed by atoms with Crippen LogP contribution in [0.5, 0.6) is 0 Å². The van der Waals surface area contributed by atoms with Gasteiger partial charge in [0.1, 0.15) is 5.76 Å². The van der Waals surface area contributed by atoms with Gasteiger partial charge < -0.3 is 5.11 Å². The van der Waals surface area contributed by atoms with Gasteiger partial charge in [0, 0.05) is 0 Å². The van der Waals surface area contributed by atoms with Gasteiger partial charge in [0.05, 0.1) is 0 Å². The number of hydrogen-bond donors (Lipinski definition) is 1. The molecule has 0 radical (unpaired) electrons. The quantitative estimate of drug-likeness (QED) is 0.650. The van der Waals surface area contributed by atoms with E-state index in [2.05, 4.69) is 0 Å². The van der Waals surface area contributed by atoms with Crippen molar-refractivity contribution in [2.75, 3.05) is 0 Å². The minimum Gasteiger partial charge on any atom is -0.505 e. The summed E-state index contributed by atoms with van der Waals surface area (Å²) in [7, 11) is 0. The van der Waals surface area contributed by atoms with E-state index in [1.807, 2.05) is 6.92 Å². The van der Waals surface area contributed by atoms with E-state index in [0.717, 1.165) is 31.3 Å². The maximum atomic E-state index is 13.0. The zero-order valence-electron chi connectivity index (χ0n) is 6.73. The number of aliphatic hydroxyl groups is 1. The summed E-state index contributed by atoms with van der Waals surface area (Å²) in [5, 5.41) is 9.00. The van der Waals surface area contributed by atoms with E-state index in [1.165, 1.54) is 6.08 Å². The topological polar surface area (TPSA) is 20.2 Å². The van der Waals surface area contributed by atoms with Crippen LogP contribution in [0.4, 0.5) is 4.39 Å². The van der Waals surface area contributed by atoms with Crippen molar-refractivity contribution in [1.29, 1.82) is 0 Å². The Morgan fingerprint density at radius 1 is 1.64 bits per heavy atom. The van der Waals surface area contributed by atoms with E-state index >= 15 is 0 Å². The number of allylic oxidation sites excluding steroid dienone is 3. The second-order valence-electron chi connectivity index (χ2n) is 2.80. The highest BCUT2D eigenvalue weighted by molar-refractivity contribution is 5.28. The molecule has 1 aliphatic rings. The molecule has 1 N–H and O–H groups in total. The Bertz CT molecular complexity index is 204. The highest BCUT2D eigenvalue weighted by Gasteiger charge is 2.13. The van der Waals surface area contributed by atoms with Crippen molar-refractivity contribution in [2.24, 2.45) is 0 Å². The Labute approximate surface area is 66.2 Å². The Morgan fingerprint density at radius 3 is 3.00 bits per heavy atom. The second kappa shape index (κ2) is 3.56. The molecule has 1 aliphatic carbocycles. The van der Waals surface area contributed by atoms with Crippen LogP contribution in [-0.4, -0.2) is 5.11 Å². The molecule has 11 heavy (non-hydrogen) atoms. The van der Waals surface area contributed by atoms with Gasteiger partial charge in [0.25, 0.3) is 0 Å². The summed E-state index contributed by atoms with van der Waals surface area (Å²) in [5.74, 6) is -0.558. The first-order valence-electron chi connectivity index (χ1n) is 4.02. The Balaban J connectivity index is 2.74. The molecule has 0 unspecified atom stereocenters. The smallest absolute Gasteiger partial charge is 0.163 e. The monoisotopic (exact) mass is 156 g/mol. The van der Waals surface area contributed by atoms with Gasteiger partial charge >= 0.3 is 0 Å². The molecule has 1 rings (SSSR count). The van der Waals surface area contributed by atoms with Crippen LogP contribution >= 0.6 is 0 Å². The molecule has 0 aromatic rings. The molecule has 2 heteroatoms. The number of aliphatic hydroxyl groups excluding tert-OH is 1. The summed E-state index contributed by atoms with van der Waals surface area (Å²) in [5.41, 5.74) is 0.771. The maximum Gasteiger partial charge on any atom is 0.163 e. The number of rotatable bonds is 2. The van der Waals surface area contributed by atoms with Crippen LogP contribution in [0.25, 0.3) is 0 Å². The normalized spacial score (nSPS) is 18.5. The van der Waals surface area contributed by atoms with E-state index in [9.17, 15) is 4.39 Å². The van der Waals surface area contributed by atoms with Crippen LogP contribution in [0.2, 0.25) is 0 Å². The van der Waals surface area contributed by atoms with Gasteiger partial charge in [-0.25, -0.2) is 4.39 Å². The zero-order chi connectivity index (χ0) is 8.27.